The summed E-state index contributed by atoms with van der Waals surface area (Å²) >= 11 is 7.35. The zero-order chi connectivity index (χ0) is 87.7. The summed E-state index contributed by atoms with van der Waals surface area (Å²) in [5.41, 5.74) is 3.96. The van der Waals surface area contributed by atoms with Crippen LogP contribution in [-0.4, -0.2) is 304 Å². The number of aliphatic hydroxyl groups is 8. The van der Waals surface area contributed by atoms with Gasteiger partial charge < -0.3 is 85.6 Å². The molecule has 9 fully saturated rings. The minimum Gasteiger partial charge on any atom is -0.388 e. The number of aliphatic hydroxyl groups excluding tert-OH is 8. The molecule has 131 heavy (non-hydrogen) atoms. The van der Waals surface area contributed by atoms with Crippen molar-refractivity contribution in [3.8, 4) is 22.0 Å². The van der Waals surface area contributed by atoms with Gasteiger partial charge >= 0.3 is 0 Å². The van der Waals surface area contributed by atoms with Crippen molar-refractivity contribution in [3.63, 3.8) is 0 Å². The monoisotopic (exact) mass is 1920 g/mol. The zero-order valence-electron chi connectivity index (χ0n) is 69.2. The van der Waals surface area contributed by atoms with E-state index in [0.29, 0.717) is 79.0 Å². The lowest BCUT2D eigenvalue weighted by molar-refractivity contribution is -0.160. The summed E-state index contributed by atoms with van der Waals surface area (Å²) in [6, 6.07) is 28.3. The van der Waals surface area contributed by atoms with Gasteiger partial charge in [0.2, 0.25) is 0 Å². The van der Waals surface area contributed by atoms with Gasteiger partial charge in [-0.2, -0.15) is 5.10 Å². The van der Waals surface area contributed by atoms with Gasteiger partial charge in [0.1, 0.15) is 130 Å². The van der Waals surface area contributed by atoms with Crippen LogP contribution in [0.15, 0.2) is 171 Å². The third-order valence-corrected chi connectivity index (χ3v) is 29.7. The molecule has 0 amide bonds. The number of hydrogen-bond donors (Lipinski definition) is 12. The second-order valence-corrected chi connectivity index (χ2v) is 38.3. The number of para-hydroxylation sites is 1. The summed E-state index contributed by atoms with van der Waals surface area (Å²) < 4.78 is 62.7. The average Bonchev–Trinajstić information content (AvgIpc) is 1.59. The quantitative estimate of drug-likeness (QED) is 0.0394. The Balaban J connectivity index is 0.000000157. The van der Waals surface area contributed by atoms with Gasteiger partial charge in [0.05, 0.1) is 103 Å². The van der Waals surface area contributed by atoms with E-state index < -0.39 is 94.7 Å². The molecule has 3 aromatic carbocycles. The summed E-state index contributed by atoms with van der Waals surface area (Å²) in [5.74, 6) is 2.41. The van der Waals surface area contributed by atoms with Crippen molar-refractivity contribution < 1.29 is 68.2 Å². The molecule has 1 aliphatic carbocycles. The Labute approximate surface area is 781 Å². The Morgan fingerprint density at radius 3 is 1.36 bits per heavy atom. The molecule has 0 spiro atoms. The van der Waals surface area contributed by atoms with Crippen LogP contribution in [0.4, 0.5) is 0 Å². The van der Waals surface area contributed by atoms with Crippen LogP contribution < -0.4 is 21.3 Å². The number of nitrogens with zero attached hydrogens (tertiary/aromatic N) is 22. The Morgan fingerprint density at radius 2 is 0.916 bits per heavy atom. The van der Waals surface area contributed by atoms with Gasteiger partial charge in [-0.3, -0.25) is 20.0 Å². The lowest BCUT2D eigenvalue weighted by Crippen LogP contribution is -2.59. The van der Waals surface area contributed by atoms with Gasteiger partial charge in [0.15, 0.2) is 20.7 Å². The van der Waals surface area contributed by atoms with E-state index in [1.807, 2.05) is 113 Å². The smallest absolute Gasteiger partial charge is 0.268 e. The summed E-state index contributed by atoms with van der Waals surface area (Å²) in [6.45, 7) is 16.1. The number of benzene rings is 3. The first-order chi connectivity index (χ1) is 61.0. The second kappa shape index (κ2) is 43.7. The van der Waals surface area contributed by atoms with Crippen LogP contribution in [0.1, 0.15) is 112 Å². The van der Waals surface area contributed by atoms with Crippen molar-refractivity contribution in [2.75, 3.05) is 26.2 Å². The molecule has 40 nitrogen and oxygen atoms in total. The van der Waals surface area contributed by atoms with Crippen LogP contribution in [-0.2, 0) is 73.7 Å². The third kappa shape index (κ3) is 21.7. The van der Waals surface area contributed by atoms with E-state index in [9.17, 15) is 49.3 Å². The molecular formula is C85H118N26O14S6. The van der Waals surface area contributed by atoms with E-state index in [0.717, 1.165) is 62.0 Å². The molecule has 20 atom stereocenters. The van der Waals surface area contributed by atoms with E-state index in [-0.39, 0.29) is 102 Å². The van der Waals surface area contributed by atoms with Crippen LogP contribution in [0.2, 0.25) is 0 Å². The number of ether oxygens (including phenoxy) is 4. The highest BCUT2D eigenvalue weighted by Gasteiger charge is 2.54. The maximum atomic E-state index is 13.4. The summed E-state index contributed by atoms with van der Waals surface area (Å²) in [5, 5.41) is 141. The molecule has 0 radical (unpaired) electrons. The van der Waals surface area contributed by atoms with Gasteiger partial charge in [0.25, 0.3) is 10.0 Å². The molecule has 12 N–H and O–H groups in total. The van der Waals surface area contributed by atoms with Crippen molar-refractivity contribution in [3.05, 3.63) is 180 Å². The third-order valence-electron chi connectivity index (χ3n) is 22.7. The van der Waals surface area contributed by atoms with Crippen molar-refractivity contribution in [2.24, 2.45) is 20.0 Å². The minimum atomic E-state index is -3.84. The minimum absolute atomic E-state index is 0. The molecule has 11 aromatic rings. The topological polar surface area (TPSA) is 507 Å². The number of aromatic nitrogens is 18. The first kappa shape index (κ1) is 101. The number of aliphatic imine (C=N–C) groups is 4. The van der Waals surface area contributed by atoms with Crippen molar-refractivity contribution >= 4 is 100.0 Å². The molecule has 8 aliphatic heterocycles. The van der Waals surface area contributed by atoms with E-state index in [2.05, 4.69) is 110 Å². The molecule has 0 bridgehead atoms. The van der Waals surface area contributed by atoms with Gasteiger partial charge in [-0.15, -0.1) is 31.7 Å². The molecule has 8 aromatic heterocycles. The second-order valence-electron chi connectivity index (χ2n) is 31.2. The van der Waals surface area contributed by atoms with Gasteiger partial charge in [0, 0.05) is 67.3 Å². The fraction of sp³-hybridized carbons (Fsp3) is 0.518. The zero-order valence-corrected chi connectivity index (χ0v) is 74.1. The van der Waals surface area contributed by atoms with Crippen LogP contribution in [0.3, 0.4) is 0 Å². The number of nitrogens with one attached hydrogen (secondary N) is 4. The van der Waals surface area contributed by atoms with Crippen LogP contribution in [0.5, 0.6) is 0 Å². The standard InChI is InChI=1S/C25H26N6O5S2.C20H25N5O3S.C19H23N7O3S2.C16H24N8O3S.5CH4/c1-2-26-25-27-21-23(33)22(32)20(36-24(21)37-25)14-30-13-18(28-29-30)17-12-31(19-11-7-6-10-16(17)19)38(34,35)15-8-4-3-5-9-15;1-2-21-19-22-15-17(27)16(26)13(28-18(15)29-19)10-25-11-14(23-24-25)20(8-9-20)12-6-4-3-5-7-12;1-2-20-19-22-14-16(28)15(27)12(29-18(14)31-19)10-26-9-11(23-24-26)8-25-6-5-21-17(25)13-4-3-7-30-13;1-4-17-16-19-12-14(26)13(25)11(27-15(12)28-16)7-23-5-10(20-22-23)6-24-9(3)18-8(2)21-24;;;;;/h3-13,20-24,32-33H,2,14H2,1H3,(H,26,27);3-7,11,13,15-18,26-27H,2,8-10H2,1H3,(H,21,22);3-7,9,12,14-16,18,27-28H,2,8,10H2,1H3,(H,20,22);5,11-15,25-26H,4,6-7H2,1-3H3,(H,17,19);5*1H4/t20-,21-,22-,23-,24-;13-,15-,16-,17-,18-;12-,14-,15-,16-,18-;11-,12-,13-,14-,15-;;;;;/m1111...../s1. The number of amidine groups is 4. The van der Waals surface area contributed by atoms with Crippen molar-refractivity contribution in [2.45, 2.75) is 260 Å². The molecule has 9 aliphatic rings. The summed E-state index contributed by atoms with van der Waals surface area (Å²) in [4.78, 5) is 27.3. The molecule has 0 unspecified atom stereocenters. The maximum absolute atomic E-state index is 13.4. The highest BCUT2D eigenvalue weighted by atomic mass is 32.2. The number of hydrogen-bond acceptors (Lipinski definition) is 34. The van der Waals surface area contributed by atoms with E-state index in [4.69, 9.17) is 18.9 Å². The summed E-state index contributed by atoms with van der Waals surface area (Å²) in [6.07, 6.45) is 3.98. The van der Waals surface area contributed by atoms with Crippen LogP contribution in [0, 0.1) is 13.8 Å². The predicted octanol–water partition coefficient (Wildman–Crippen LogP) is 5.57. The van der Waals surface area contributed by atoms with Crippen molar-refractivity contribution in [1.29, 1.82) is 0 Å². The van der Waals surface area contributed by atoms with E-state index in [1.54, 1.807) is 97.3 Å². The van der Waals surface area contributed by atoms with Crippen LogP contribution in [0.25, 0.3) is 32.9 Å². The first-order valence-corrected chi connectivity index (χ1v) is 47.3. The van der Waals surface area contributed by atoms with Crippen molar-refractivity contribution in [1.82, 2.24) is 110 Å². The van der Waals surface area contributed by atoms with E-state index in [1.165, 1.54) is 61.3 Å². The molecule has 8 saturated heterocycles. The van der Waals surface area contributed by atoms with E-state index >= 15 is 0 Å². The molecule has 708 valence electrons. The molecule has 20 rings (SSSR count). The molecule has 1 saturated carbocycles. The number of fused-ring (bicyclic) bond motifs is 5. The van der Waals surface area contributed by atoms with Gasteiger partial charge in [-0.05, 0) is 89.6 Å². The normalized spacial score (nSPS) is 28.8. The lowest BCUT2D eigenvalue weighted by atomic mass is 9.93. The largest absolute Gasteiger partial charge is 0.388 e. The fourth-order valence-corrected chi connectivity index (χ4v) is 23.1. The molecular weight excluding hydrogens is 1800 g/mol. The molecule has 46 heteroatoms. The predicted molar refractivity (Wildman–Crippen MR) is 506 cm³/mol. The Bertz CT molecular complexity index is 5790. The van der Waals surface area contributed by atoms with Gasteiger partial charge in [-0.25, -0.2) is 45.8 Å². The van der Waals surface area contributed by atoms with Gasteiger partial charge in [-0.1, -0.05) is 178 Å². The lowest BCUT2D eigenvalue weighted by Gasteiger charge is -2.38. The highest BCUT2D eigenvalue weighted by molar-refractivity contribution is 8.15. The fourth-order valence-electron chi connectivity index (χ4n) is 16.2. The van der Waals surface area contributed by atoms with Crippen LogP contribution >= 0.6 is 58.4 Å². The average molecular weight is 1920 g/mol. The number of thioether (sulfide) groups is 4. The number of rotatable bonds is 22. The number of imidazole rings is 1. The SMILES string of the molecule is C.C.C.C.C.CCN=C1N[C@@H]2[C@@H](O)[C@H](O)[C@@H](Cn3cc(-c4cn(S(=O)(=O)c5ccccc5)c5ccccc45)nn3)O[C@@H]2S1.CCN=C1N[C@@H]2[C@@H](O)[C@H](O)[C@@H](Cn3cc(C4(c5ccccc5)CC4)nn3)O[C@@H]2S1.CCN=C1N[C@@H]2[C@@H](O)[C@H](O)[C@@H](Cn3cc(Cn4ccnc4-c4cccs4)nn3)O[C@@H]2S1.CCN=C1N[C@@H]2[C@@H](O)[C@H](O)[C@@H](Cn3cc(Cn4nc(C)nc4C)nn3)O[C@@H]2S1. The summed E-state index contributed by atoms with van der Waals surface area (Å²) in [7, 11) is -3.84. The highest BCUT2D eigenvalue weighted by Crippen LogP contribution is 2.53. The molecule has 16 heterocycles. The Morgan fingerprint density at radius 1 is 0.489 bits per heavy atom. The Hall–Kier alpha value is -9.44. The number of aryl methyl sites for hydroxylation is 2. The number of thiophene rings is 1. The maximum Gasteiger partial charge on any atom is 0.268 e. The first-order valence-electron chi connectivity index (χ1n) is 41.5. The Kier molecular flexibility index (Phi) is 33.5.